The molecule has 1 amide bonds. The van der Waals surface area contributed by atoms with Gasteiger partial charge in [0.1, 0.15) is 5.78 Å². The minimum Gasteiger partial charge on any atom is -0.481 e. The number of likely N-dealkylation sites (tertiary alicyclic amines) is 1. The molecule has 1 aliphatic rings. The summed E-state index contributed by atoms with van der Waals surface area (Å²) in [7, 11) is 1.53. The summed E-state index contributed by atoms with van der Waals surface area (Å²) >= 11 is 0. The Morgan fingerprint density at radius 1 is 1.28 bits per heavy atom. The van der Waals surface area contributed by atoms with Gasteiger partial charge in [-0.1, -0.05) is 6.07 Å². The molecule has 2 rings (SSSR count). The summed E-state index contributed by atoms with van der Waals surface area (Å²) in [6.07, 6.45) is 3.66. The first-order valence-electron chi connectivity index (χ1n) is 10.1. The molecule has 1 aromatic heterocycles. The molecule has 160 valence electrons. The van der Waals surface area contributed by atoms with Crippen LogP contribution in [0.4, 0.5) is 0 Å². The second-order valence-corrected chi connectivity index (χ2v) is 7.27. The van der Waals surface area contributed by atoms with Crippen LogP contribution in [0.5, 0.6) is 5.88 Å². The van der Waals surface area contributed by atoms with Crippen LogP contribution < -0.4 is 10.1 Å². The third-order valence-corrected chi connectivity index (χ3v) is 5.10. The molecule has 1 aromatic rings. The number of pyridine rings is 1. The Morgan fingerprint density at radius 3 is 2.55 bits per heavy atom. The molecule has 29 heavy (non-hydrogen) atoms. The van der Waals surface area contributed by atoms with Crippen molar-refractivity contribution in [2.45, 2.75) is 45.6 Å². The molecular formula is C21H31N3O5. The van der Waals surface area contributed by atoms with Crippen molar-refractivity contribution in [2.75, 3.05) is 33.4 Å². The predicted molar refractivity (Wildman–Crippen MR) is 107 cm³/mol. The molecule has 0 spiro atoms. The molecule has 0 radical (unpaired) electrons. The minimum atomic E-state index is -0.504. The lowest BCUT2D eigenvalue weighted by Gasteiger charge is -2.32. The average Bonchev–Trinajstić information content (AvgIpc) is 2.72. The first kappa shape index (κ1) is 22.8. The van der Waals surface area contributed by atoms with Gasteiger partial charge in [-0.05, 0) is 45.3 Å². The van der Waals surface area contributed by atoms with E-state index in [-0.39, 0.29) is 30.0 Å². The molecule has 1 saturated heterocycles. The van der Waals surface area contributed by atoms with Gasteiger partial charge in [0.25, 0.3) is 0 Å². The number of nitrogens with zero attached hydrogens (tertiary/aromatic N) is 2. The van der Waals surface area contributed by atoms with Crippen molar-refractivity contribution < 1.29 is 23.9 Å². The SMILES string of the molecule is CCOC(=O)C[C@H](NC(=O)C1CCN(CCC(C)=O)CC1)c1ccc(OC)nc1. The van der Waals surface area contributed by atoms with Gasteiger partial charge in [0.15, 0.2) is 0 Å². The van der Waals surface area contributed by atoms with E-state index in [1.165, 1.54) is 7.11 Å². The lowest BCUT2D eigenvalue weighted by atomic mass is 9.94. The standard InChI is InChI=1S/C21H31N3O5/c1-4-29-20(26)13-18(17-5-6-19(28-3)22-14-17)23-21(27)16-8-11-24(12-9-16)10-7-15(2)25/h5-6,14,16,18H,4,7-13H2,1-3H3,(H,23,27)/t18-/m0/s1. The zero-order valence-corrected chi connectivity index (χ0v) is 17.5. The molecule has 1 atom stereocenters. The van der Waals surface area contributed by atoms with E-state index in [1.54, 1.807) is 32.2 Å². The highest BCUT2D eigenvalue weighted by molar-refractivity contribution is 5.80. The third kappa shape index (κ3) is 7.45. The van der Waals surface area contributed by atoms with Crippen molar-refractivity contribution >= 4 is 17.7 Å². The number of ketones is 1. The van der Waals surface area contributed by atoms with Gasteiger partial charge in [0.2, 0.25) is 11.8 Å². The highest BCUT2D eigenvalue weighted by atomic mass is 16.5. The molecule has 0 saturated carbocycles. The van der Waals surface area contributed by atoms with Crippen LogP contribution in [0.2, 0.25) is 0 Å². The normalized spacial score (nSPS) is 16.1. The maximum atomic E-state index is 12.8. The molecular weight excluding hydrogens is 374 g/mol. The van der Waals surface area contributed by atoms with Crippen LogP contribution >= 0.6 is 0 Å². The van der Waals surface area contributed by atoms with Crippen molar-refractivity contribution in [3.63, 3.8) is 0 Å². The number of esters is 1. The molecule has 0 bridgehead atoms. The number of Topliss-reactive ketones (excluding diaryl/α,β-unsaturated/α-hetero) is 1. The number of hydrogen-bond acceptors (Lipinski definition) is 7. The first-order chi connectivity index (χ1) is 13.9. The van der Waals surface area contributed by atoms with Crippen molar-refractivity contribution in [3.8, 4) is 5.88 Å². The smallest absolute Gasteiger partial charge is 0.308 e. The fraction of sp³-hybridized carbons (Fsp3) is 0.619. The second-order valence-electron chi connectivity index (χ2n) is 7.27. The fourth-order valence-corrected chi connectivity index (χ4v) is 3.38. The van der Waals surface area contributed by atoms with Gasteiger partial charge in [-0.3, -0.25) is 14.4 Å². The van der Waals surface area contributed by atoms with E-state index in [1.807, 2.05) is 0 Å². The molecule has 0 aliphatic carbocycles. The van der Waals surface area contributed by atoms with Gasteiger partial charge >= 0.3 is 5.97 Å². The molecule has 0 aromatic carbocycles. The van der Waals surface area contributed by atoms with Crippen molar-refractivity contribution in [3.05, 3.63) is 23.9 Å². The second kappa shape index (κ2) is 11.5. The van der Waals surface area contributed by atoms with Crippen LogP contribution in [0, 0.1) is 5.92 Å². The minimum absolute atomic E-state index is 0.0467. The van der Waals surface area contributed by atoms with Crippen LogP contribution in [0.25, 0.3) is 0 Å². The van der Waals surface area contributed by atoms with Gasteiger partial charge in [-0.15, -0.1) is 0 Å². The largest absolute Gasteiger partial charge is 0.481 e. The number of nitrogens with one attached hydrogen (secondary N) is 1. The molecule has 1 aliphatic heterocycles. The first-order valence-corrected chi connectivity index (χ1v) is 10.1. The third-order valence-electron chi connectivity index (χ3n) is 5.10. The highest BCUT2D eigenvalue weighted by Crippen LogP contribution is 2.23. The summed E-state index contributed by atoms with van der Waals surface area (Å²) < 4.78 is 10.1. The number of methoxy groups -OCH3 is 1. The van der Waals surface area contributed by atoms with Crippen molar-refractivity contribution in [1.29, 1.82) is 0 Å². The van der Waals surface area contributed by atoms with Crippen LogP contribution in [0.3, 0.4) is 0 Å². The molecule has 2 heterocycles. The number of ether oxygens (including phenoxy) is 2. The van der Waals surface area contributed by atoms with Crippen molar-refractivity contribution in [2.24, 2.45) is 5.92 Å². The number of carbonyl (C=O) groups excluding carboxylic acids is 3. The predicted octanol–water partition coefficient (Wildman–Crippen LogP) is 1.89. The summed E-state index contributed by atoms with van der Waals surface area (Å²) in [6, 6.07) is 2.99. The Hall–Kier alpha value is -2.48. The summed E-state index contributed by atoms with van der Waals surface area (Å²) in [5.74, 6) is 0.0983. The van der Waals surface area contributed by atoms with Crippen LogP contribution in [-0.2, 0) is 19.1 Å². The van der Waals surface area contributed by atoms with Gasteiger partial charge in [0, 0.05) is 31.1 Å². The van der Waals surface area contributed by atoms with Crippen molar-refractivity contribution in [1.82, 2.24) is 15.2 Å². The average molecular weight is 405 g/mol. The van der Waals surface area contributed by atoms with E-state index in [4.69, 9.17) is 9.47 Å². The number of hydrogen-bond donors (Lipinski definition) is 1. The van der Waals surface area contributed by atoms with Crippen LogP contribution in [-0.4, -0.2) is 60.9 Å². The summed E-state index contributed by atoms with van der Waals surface area (Å²) in [6.45, 7) is 5.96. The van der Waals surface area contributed by atoms with E-state index in [0.29, 0.717) is 18.9 Å². The summed E-state index contributed by atoms with van der Waals surface area (Å²) in [5.41, 5.74) is 0.728. The zero-order chi connectivity index (χ0) is 21.2. The van der Waals surface area contributed by atoms with E-state index in [9.17, 15) is 14.4 Å². The lowest BCUT2D eigenvalue weighted by Crippen LogP contribution is -2.42. The number of rotatable bonds is 10. The maximum absolute atomic E-state index is 12.8. The molecule has 1 fully saturated rings. The molecule has 0 unspecified atom stereocenters. The van der Waals surface area contributed by atoms with Crippen LogP contribution in [0.1, 0.15) is 51.1 Å². The van der Waals surface area contributed by atoms with E-state index in [0.717, 1.165) is 38.0 Å². The molecule has 1 N–H and O–H groups in total. The maximum Gasteiger partial charge on any atom is 0.308 e. The van der Waals surface area contributed by atoms with Gasteiger partial charge in [-0.2, -0.15) is 0 Å². The fourth-order valence-electron chi connectivity index (χ4n) is 3.38. The molecule has 8 nitrogen and oxygen atoms in total. The number of carbonyl (C=O) groups is 3. The topological polar surface area (TPSA) is 97.8 Å². The number of aromatic nitrogens is 1. The quantitative estimate of drug-likeness (QED) is 0.594. The number of piperidine rings is 1. The van der Waals surface area contributed by atoms with E-state index >= 15 is 0 Å². The Kier molecular flexibility index (Phi) is 9.05. The summed E-state index contributed by atoms with van der Waals surface area (Å²) in [5, 5.41) is 3.00. The molecule has 8 heteroatoms. The number of amides is 1. The lowest BCUT2D eigenvalue weighted by molar-refractivity contribution is -0.144. The zero-order valence-electron chi connectivity index (χ0n) is 17.5. The Morgan fingerprint density at radius 2 is 2.00 bits per heavy atom. The summed E-state index contributed by atoms with van der Waals surface area (Å²) in [4.78, 5) is 42.4. The Bertz CT molecular complexity index is 684. The highest BCUT2D eigenvalue weighted by Gasteiger charge is 2.28. The van der Waals surface area contributed by atoms with E-state index in [2.05, 4.69) is 15.2 Å². The van der Waals surface area contributed by atoms with Gasteiger partial charge in [0.05, 0.1) is 26.2 Å². The monoisotopic (exact) mass is 405 g/mol. The Labute approximate surface area is 172 Å². The van der Waals surface area contributed by atoms with Gasteiger partial charge < -0.3 is 19.7 Å². The van der Waals surface area contributed by atoms with E-state index < -0.39 is 6.04 Å². The Balaban J connectivity index is 1.97. The van der Waals surface area contributed by atoms with Gasteiger partial charge in [-0.25, -0.2) is 4.98 Å². The van der Waals surface area contributed by atoms with Crippen LogP contribution in [0.15, 0.2) is 18.3 Å².